The lowest BCUT2D eigenvalue weighted by molar-refractivity contribution is -0.142. The summed E-state index contributed by atoms with van der Waals surface area (Å²) in [6, 6.07) is -9.81. The summed E-state index contributed by atoms with van der Waals surface area (Å²) < 4.78 is -1.47. The van der Waals surface area contributed by atoms with Gasteiger partial charge in [-0.15, -0.1) is 0 Å². The van der Waals surface area contributed by atoms with Crippen molar-refractivity contribution in [3.05, 3.63) is 89.5 Å². The maximum atomic E-state index is 14.8. The third kappa shape index (κ3) is 39.0. The quantitative estimate of drug-likeness (QED) is 0.0108. The van der Waals surface area contributed by atoms with E-state index in [0.717, 1.165) is 18.7 Å². The molecule has 1 heterocycles. The third-order valence-corrected chi connectivity index (χ3v) is 23.0. The first-order valence-corrected chi connectivity index (χ1v) is 45.9. The van der Waals surface area contributed by atoms with Gasteiger partial charge in [-0.3, -0.25) is 82.1 Å². The molecule has 0 aliphatic carbocycles. The van der Waals surface area contributed by atoms with Crippen molar-refractivity contribution in [1.82, 2.24) is 84.7 Å². The molecule has 48 nitrogen and oxygen atoms in total. The monoisotopic (exact) mass is 1970 g/mol. The summed E-state index contributed by atoms with van der Waals surface area (Å²) in [5.74, 6) is -20.9. The van der Waals surface area contributed by atoms with Gasteiger partial charge in [0.25, 0.3) is 0 Å². The van der Waals surface area contributed by atoms with Crippen molar-refractivity contribution in [3.8, 4) is 17.2 Å². The van der Waals surface area contributed by atoms with Crippen LogP contribution in [0.1, 0.15) is 143 Å². The first kappa shape index (κ1) is 117. The highest BCUT2D eigenvalue weighted by Crippen LogP contribution is 2.25. The highest BCUT2D eigenvalue weighted by atomic mass is 32.1. The predicted octanol–water partition coefficient (Wildman–Crippen LogP) is -8.59. The number of unbranched alkanes of at least 4 members (excludes halogenated alkanes) is 1. The van der Waals surface area contributed by atoms with Crippen LogP contribution in [-0.2, 0) is 101 Å². The lowest BCUT2D eigenvalue weighted by Crippen LogP contribution is -2.64. The maximum absolute atomic E-state index is 14.8. The number of hydrogen-bond acceptors (Lipinski definition) is 31. The smallest absolute Gasteiger partial charge is 0.326 e. The number of carbonyl (C=O) groups excluding carboxylic acids is 16. The van der Waals surface area contributed by atoms with Crippen LogP contribution in [0.25, 0.3) is 0 Å². The van der Waals surface area contributed by atoms with Gasteiger partial charge in [-0.2, -0.15) is 25.3 Å². The molecule has 3 aromatic rings. The number of benzene rings is 3. The number of nitrogens with one attached hydrogen (secondary N) is 16. The maximum Gasteiger partial charge on any atom is 0.326 e. The molecule has 762 valence electrons. The number of carboxylic acids is 1. The topological polar surface area (TPSA) is 821 Å². The number of amides is 16. The number of aliphatic hydroxyl groups excluding tert-OH is 3. The molecule has 1 fully saturated rings. The molecule has 0 bridgehead atoms. The van der Waals surface area contributed by atoms with Gasteiger partial charge < -0.3 is 161 Å². The minimum Gasteiger partial charge on any atom is -0.508 e. The molecule has 137 heavy (non-hydrogen) atoms. The van der Waals surface area contributed by atoms with Gasteiger partial charge in [0, 0.05) is 49.3 Å². The van der Waals surface area contributed by atoms with Gasteiger partial charge >= 0.3 is 5.97 Å². The SMILES string of the molecule is CC[C@H](C)[C@H](NC(=O)[C@@H]1C[C@@H](O)CN1C(=O)[C@@H](N)C(C)C)C(=O)N[C@H](C(=O)N[C@@H](Cc1ccc(O)cc1)C(=O)N[C@@H](CCN)C(=O)N[C@@H](CC(N)=O)C(=O)N[C@@H](CCCNC(=N)N)C(=O)N[C@@H](CCN)C(=O)N[C@H](C(=O)N[C@H](CCN)C(=O)N[C@@H](CCCCN)C(=O)N[C@H](C(=O)N[C@@H](Cc1ccc(O)cc1)C(=O)N[C@@H](CS)C(=O)N[C@@H](Cc1ccc(O)cc1)C(=O)O)[C@@H](C)O)[C@@H](C)O)C(C)(C)S. The van der Waals surface area contributed by atoms with Gasteiger partial charge in [0.05, 0.1) is 30.8 Å². The highest BCUT2D eigenvalue weighted by molar-refractivity contribution is 7.81. The normalized spacial score (nSPS) is 17.0. The number of nitrogens with zero attached hydrogens (tertiary/aromatic N) is 1. The van der Waals surface area contributed by atoms with E-state index < -0.39 is 257 Å². The Hall–Kier alpha value is -12.3. The molecule has 0 unspecified atom stereocenters. The van der Waals surface area contributed by atoms with Crippen LogP contribution >= 0.6 is 25.3 Å². The molecular formula is C87H138N24O24S2. The Labute approximate surface area is 803 Å². The van der Waals surface area contributed by atoms with E-state index in [1.165, 1.54) is 86.6 Å². The van der Waals surface area contributed by atoms with Crippen LogP contribution in [0.3, 0.4) is 0 Å². The summed E-state index contributed by atoms with van der Waals surface area (Å²) in [5.41, 5.74) is 42.1. The first-order chi connectivity index (χ1) is 64.4. The molecule has 0 saturated carbocycles. The van der Waals surface area contributed by atoms with Crippen molar-refractivity contribution in [2.24, 2.45) is 52.0 Å². The number of aliphatic hydroxyl groups is 3. The van der Waals surface area contributed by atoms with E-state index in [-0.39, 0.29) is 127 Å². The zero-order valence-electron chi connectivity index (χ0n) is 77.9. The van der Waals surface area contributed by atoms with E-state index in [9.17, 15) is 117 Å². The molecule has 0 spiro atoms. The molecule has 1 aliphatic heterocycles. The van der Waals surface area contributed by atoms with Crippen LogP contribution in [0.4, 0.5) is 0 Å². The Morgan fingerprint density at radius 1 is 0.453 bits per heavy atom. The minimum atomic E-state index is -1.99. The Balaban J connectivity index is 1.59. The second kappa shape index (κ2) is 57.7. The van der Waals surface area contributed by atoms with Crippen molar-refractivity contribution >= 4 is 132 Å². The lowest BCUT2D eigenvalue weighted by atomic mass is 9.95. The number of nitrogens with two attached hydrogens (primary N) is 7. The van der Waals surface area contributed by atoms with E-state index in [0.29, 0.717) is 23.1 Å². The molecule has 37 N–H and O–H groups in total. The van der Waals surface area contributed by atoms with Gasteiger partial charge in [0.15, 0.2) is 5.96 Å². The zero-order chi connectivity index (χ0) is 103. The Morgan fingerprint density at radius 3 is 1.17 bits per heavy atom. The van der Waals surface area contributed by atoms with Crippen LogP contribution in [0.15, 0.2) is 72.8 Å². The standard InChI is InChI=1S/C87H138N24O24S2/c1-9-43(4)66(107-79(128)63-38-52(117)40-111(63)84(133)65(93)42(2)3)80(129)110-69(87(7,8)137)83(132)104-59(36-47-17-23-50(115)24-18-47)75(124)100-55(27-31-89)72(121)102-60(39-64(92)118)77(126)98-54(14-12-34-96-86(94)95)70(119)99-57(29-33-91)74(123)109-67(44(5)112)81(130)101-56(28-32-90)71(120)97-53(13-10-11-30-88)73(122)108-68(45(6)113)82(131)103-58(35-46-15-21-49(114)22-16-46)76(125)106-62(41-136)78(127)105-61(85(134)135)37-48-19-25-51(116)26-20-48/h15-26,42-45,52-63,65-69,112-117,136-137H,9-14,27-41,88-91,93H2,1-8H3,(H2,92,118)(H,97,120)(H,98,126)(H,99,119)(H,100,124)(H,101,130)(H,102,121)(H,103,131)(H,104,132)(H,105,127)(H,106,125)(H,107,128)(H,108,122)(H,109,123)(H,110,129)(H,134,135)(H4,94,95,96)/t43-,44+,45+,52+,53-,54-,55-,56+,57-,58-,59-,60-,61-,62-,63-,65-,66-,67-,68-,69+/m0/s1. The summed E-state index contributed by atoms with van der Waals surface area (Å²) in [6.45, 7) is 10.6. The van der Waals surface area contributed by atoms with E-state index in [4.69, 9.17) is 45.5 Å². The highest BCUT2D eigenvalue weighted by Gasteiger charge is 2.46. The van der Waals surface area contributed by atoms with E-state index in [1.54, 1.807) is 27.7 Å². The summed E-state index contributed by atoms with van der Waals surface area (Å²) in [5, 5.41) is 118. The van der Waals surface area contributed by atoms with Crippen molar-refractivity contribution in [2.45, 2.75) is 265 Å². The number of likely N-dealkylation sites (tertiary alicyclic amines) is 1. The van der Waals surface area contributed by atoms with E-state index in [1.807, 2.05) is 0 Å². The van der Waals surface area contributed by atoms with Crippen LogP contribution in [-0.4, -0.2) is 312 Å². The van der Waals surface area contributed by atoms with Gasteiger partial charge in [-0.05, 0) is 170 Å². The number of thiol groups is 2. The fourth-order valence-electron chi connectivity index (χ4n) is 14.2. The summed E-state index contributed by atoms with van der Waals surface area (Å²) in [4.78, 5) is 242. The number of aromatic hydroxyl groups is 3. The van der Waals surface area contributed by atoms with Crippen molar-refractivity contribution < 1.29 is 117 Å². The molecular weight excluding hydrogens is 1830 g/mol. The first-order valence-electron chi connectivity index (χ1n) is 44.8. The number of aliphatic carboxylic acids is 1. The fourth-order valence-corrected chi connectivity index (χ4v) is 14.7. The summed E-state index contributed by atoms with van der Waals surface area (Å²) in [6.07, 6.45) is -7.99. The molecule has 0 aromatic heterocycles. The largest absolute Gasteiger partial charge is 0.508 e. The van der Waals surface area contributed by atoms with Gasteiger partial charge in [-0.25, -0.2) is 4.79 Å². The number of hydrogen-bond donors (Lipinski definition) is 32. The molecule has 0 radical (unpaired) electrons. The Bertz CT molecular complexity index is 4580. The number of rotatable bonds is 59. The molecule has 1 saturated heterocycles. The molecule has 1 aliphatic rings. The van der Waals surface area contributed by atoms with Crippen molar-refractivity contribution in [2.75, 3.05) is 45.0 Å². The van der Waals surface area contributed by atoms with Crippen LogP contribution in [0.5, 0.6) is 17.2 Å². The average Bonchev–Trinajstić information content (AvgIpc) is 1.68. The van der Waals surface area contributed by atoms with Crippen LogP contribution in [0, 0.1) is 17.2 Å². The van der Waals surface area contributed by atoms with Gasteiger partial charge in [0.2, 0.25) is 94.5 Å². The number of guanidine groups is 1. The second-order valence-corrected chi connectivity index (χ2v) is 36.0. The van der Waals surface area contributed by atoms with E-state index in [2.05, 4.69) is 105 Å². The number of β-amino-alcohol motifs (C(OH)–C–C–N with tert-alkyl or cyclic N) is 1. The number of carbonyl (C=O) groups is 17. The molecule has 20 atom stereocenters. The zero-order valence-corrected chi connectivity index (χ0v) is 79.6. The van der Waals surface area contributed by atoms with Gasteiger partial charge in [-0.1, -0.05) is 70.5 Å². The fraction of sp³-hybridized carbons (Fsp3) is 0.586. The third-order valence-electron chi connectivity index (χ3n) is 22.4. The second-order valence-electron chi connectivity index (χ2n) is 34.5. The van der Waals surface area contributed by atoms with Crippen molar-refractivity contribution in [1.29, 1.82) is 5.41 Å². The number of carboxylic acid groups (broad SMARTS) is 1. The Kier molecular flexibility index (Phi) is 49.3. The van der Waals surface area contributed by atoms with Gasteiger partial charge in [0.1, 0.15) is 108 Å². The number of phenolic OH excluding ortho intramolecular Hbond substituents is 3. The molecule has 16 amide bonds. The Morgan fingerprint density at radius 2 is 0.796 bits per heavy atom. The molecule has 50 heteroatoms. The lowest BCUT2D eigenvalue weighted by Gasteiger charge is -2.34. The molecule has 4 rings (SSSR count). The van der Waals surface area contributed by atoms with Crippen molar-refractivity contribution in [3.63, 3.8) is 0 Å². The average molecular weight is 1970 g/mol. The minimum absolute atomic E-state index is 0.0889. The number of primary amides is 1. The van der Waals surface area contributed by atoms with Crippen LogP contribution < -0.4 is 120 Å². The van der Waals surface area contributed by atoms with Crippen LogP contribution in [0.2, 0.25) is 0 Å². The van der Waals surface area contributed by atoms with E-state index >= 15 is 0 Å². The summed E-state index contributed by atoms with van der Waals surface area (Å²) >= 11 is 8.85. The predicted molar refractivity (Wildman–Crippen MR) is 506 cm³/mol. The number of phenols is 3. The summed E-state index contributed by atoms with van der Waals surface area (Å²) in [7, 11) is 0. The molecule has 3 aromatic carbocycles.